The van der Waals surface area contributed by atoms with Gasteiger partial charge in [0.2, 0.25) is 0 Å². The zero-order valence-electron chi connectivity index (χ0n) is 18.1. The van der Waals surface area contributed by atoms with Crippen molar-refractivity contribution in [1.82, 2.24) is 4.98 Å². The van der Waals surface area contributed by atoms with Gasteiger partial charge < -0.3 is 5.11 Å². The van der Waals surface area contributed by atoms with Crippen molar-refractivity contribution < 1.29 is 36.2 Å². The van der Waals surface area contributed by atoms with E-state index in [-0.39, 0.29) is 17.6 Å². The predicted molar refractivity (Wildman–Crippen MR) is 113 cm³/mol. The maximum atomic E-state index is 12.4. The first-order chi connectivity index (χ1) is 15.1. The molecule has 0 radical (unpaired) electrons. The lowest BCUT2D eigenvalue weighted by molar-refractivity contribution is -0.141. The number of carboxylic acid groups (broad SMARTS) is 1. The fraction of sp³-hybridized carbons (Fsp3) is 0.318. The van der Waals surface area contributed by atoms with Crippen LogP contribution in [0.1, 0.15) is 49.9 Å². The summed E-state index contributed by atoms with van der Waals surface area (Å²) in [6, 6.07) is 3.20. The summed E-state index contributed by atoms with van der Waals surface area (Å²) in [5, 5.41) is 9.34. The van der Waals surface area contributed by atoms with Crippen molar-refractivity contribution in [3.05, 3.63) is 75.2 Å². The molecule has 11 heteroatoms. The Morgan fingerprint density at radius 1 is 1.03 bits per heavy atom. The van der Waals surface area contributed by atoms with Crippen LogP contribution in [0.2, 0.25) is 5.02 Å². The third kappa shape index (κ3) is 8.53. The number of nitrogens with zero attached hydrogens (tertiary/aromatic N) is 2. The Labute approximate surface area is 191 Å². The number of alkyl halides is 6. The molecule has 0 aliphatic rings. The average molecular weight is 495 g/mol. The minimum absolute atomic E-state index is 0.0984. The van der Waals surface area contributed by atoms with E-state index in [2.05, 4.69) is 9.98 Å². The normalized spacial score (nSPS) is 13.1. The molecule has 1 aromatic heterocycles. The summed E-state index contributed by atoms with van der Waals surface area (Å²) in [5.41, 5.74) is -0.273. The van der Waals surface area contributed by atoms with Gasteiger partial charge in [-0.25, -0.2) is 4.79 Å². The van der Waals surface area contributed by atoms with Crippen LogP contribution in [0.4, 0.5) is 26.3 Å². The zero-order chi connectivity index (χ0) is 25.6. The summed E-state index contributed by atoms with van der Waals surface area (Å²) in [6.45, 7) is 6.34. The summed E-state index contributed by atoms with van der Waals surface area (Å²) < 4.78 is 73.9. The molecule has 0 unspecified atom stereocenters. The molecule has 180 valence electrons. The number of hydrogen-bond acceptors (Lipinski definition) is 3. The maximum Gasteiger partial charge on any atom is 0.416 e. The highest BCUT2D eigenvalue weighted by atomic mass is 35.5. The molecule has 1 aromatic carbocycles. The van der Waals surface area contributed by atoms with Crippen LogP contribution < -0.4 is 0 Å². The lowest BCUT2D eigenvalue weighted by Crippen LogP contribution is -2.12. The summed E-state index contributed by atoms with van der Waals surface area (Å²) >= 11 is 5.81. The van der Waals surface area contributed by atoms with Gasteiger partial charge in [-0.15, -0.1) is 0 Å². The minimum Gasteiger partial charge on any atom is -0.478 e. The molecule has 0 bridgehead atoms. The monoisotopic (exact) mass is 494 g/mol. The van der Waals surface area contributed by atoms with Gasteiger partial charge in [-0.3, -0.25) is 9.98 Å². The first-order valence-electron chi connectivity index (χ1n) is 9.42. The van der Waals surface area contributed by atoms with Gasteiger partial charge in [0.15, 0.2) is 0 Å². The van der Waals surface area contributed by atoms with Gasteiger partial charge in [-0.05, 0) is 57.0 Å². The molecular formula is C22H21ClF6N2O2. The number of hydrogen-bond donors (Lipinski definition) is 1. The van der Waals surface area contributed by atoms with Crippen LogP contribution in [-0.4, -0.2) is 21.8 Å². The van der Waals surface area contributed by atoms with Crippen LogP contribution in [0.15, 0.2) is 52.9 Å². The SMILES string of the molecule is CC(=N/C(C)=C(\C)C(=O)O)c1cncc(Cl)c1.CCc1cc(C(F)(F)F)ccc1C(F)(F)F. The predicted octanol–water partition coefficient (Wildman–Crippen LogP) is 7.21. The van der Waals surface area contributed by atoms with Gasteiger partial charge in [0, 0.05) is 29.4 Å². The van der Waals surface area contributed by atoms with E-state index in [1.54, 1.807) is 26.1 Å². The molecule has 1 heterocycles. The highest BCUT2D eigenvalue weighted by Gasteiger charge is 2.36. The summed E-state index contributed by atoms with van der Waals surface area (Å²) in [7, 11) is 0. The van der Waals surface area contributed by atoms with E-state index < -0.39 is 29.4 Å². The second kappa shape index (κ2) is 11.3. The zero-order valence-corrected chi connectivity index (χ0v) is 18.8. The number of carboxylic acids is 1. The number of pyridine rings is 1. The number of carbonyl (C=O) groups is 1. The van der Waals surface area contributed by atoms with Gasteiger partial charge in [0.05, 0.1) is 21.7 Å². The van der Waals surface area contributed by atoms with E-state index in [0.717, 1.165) is 5.56 Å². The van der Waals surface area contributed by atoms with Crippen molar-refractivity contribution >= 4 is 23.3 Å². The van der Waals surface area contributed by atoms with Crippen molar-refractivity contribution in [2.24, 2.45) is 4.99 Å². The lowest BCUT2D eigenvalue weighted by Gasteiger charge is -2.14. The van der Waals surface area contributed by atoms with E-state index in [0.29, 0.717) is 34.6 Å². The largest absolute Gasteiger partial charge is 0.478 e. The fourth-order valence-corrected chi connectivity index (χ4v) is 2.68. The average Bonchev–Trinajstić information content (AvgIpc) is 2.71. The van der Waals surface area contributed by atoms with Crippen LogP contribution in [0.5, 0.6) is 0 Å². The van der Waals surface area contributed by atoms with Crippen LogP contribution in [0.3, 0.4) is 0 Å². The number of benzene rings is 1. The molecule has 33 heavy (non-hydrogen) atoms. The highest BCUT2D eigenvalue weighted by Crippen LogP contribution is 2.36. The fourth-order valence-electron chi connectivity index (χ4n) is 2.50. The Balaban J connectivity index is 0.000000331. The van der Waals surface area contributed by atoms with Crippen molar-refractivity contribution in [2.75, 3.05) is 0 Å². The number of aliphatic imine (C=N–C) groups is 1. The second-order valence-electron chi connectivity index (χ2n) is 6.83. The Morgan fingerprint density at radius 2 is 1.64 bits per heavy atom. The first kappa shape index (κ1) is 28.2. The van der Waals surface area contributed by atoms with E-state index in [1.165, 1.54) is 20.0 Å². The molecule has 4 nitrogen and oxygen atoms in total. The van der Waals surface area contributed by atoms with Crippen molar-refractivity contribution in [3.8, 4) is 0 Å². The van der Waals surface area contributed by atoms with E-state index in [1.807, 2.05) is 0 Å². The van der Waals surface area contributed by atoms with Crippen molar-refractivity contribution in [1.29, 1.82) is 0 Å². The minimum atomic E-state index is -4.62. The molecule has 0 fully saturated rings. The summed E-state index contributed by atoms with van der Waals surface area (Å²) in [6.07, 6.45) is -6.17. The molecule has 0 spiro atoms. The molecule has 0 aliphatic carbocycles. The number of aryl methyl sites for hydroxylation is 1. The molecule has 0 atom stereocenters. The van der Waals surface area contributed by atoms with E-state index >= 15 is 0 Å². The molecule has 2 aromatic rings. The van der Waals surface area contributed by atoms with E-state index in [9.17, 15) is 31.1 Å². The number of allylic oxidation sites excluding steroid dienone is 1. The molecule has 0 saturated heterocycles. The topological polar surface area (TPSA) is 62.5 Å². The number of aliphatic carboxylic acids is 1. The lowest BCUT2D eigenvalue weighted by atomic mass is 10.0. The molecule has 1 N–H and O–H groups in total. The van der Waals surface area contributed by atoms with Crippen LogP contribution >= 0.6 is 11.6 Å². The van der Waals surface area contributed by atoms with Crippen molar-refractivity contribution in [2.45, 2.75) is 46.5 Å². The van der Waals surface area contributed by atoms with Crippen molar-refractivity contribution in [3.63, 3.8) is 0 Å². The smallest absolute Gasteiger partial charge is 0.416 e. The van der Waals surface area contributed by atoms with Gasteiger partial charge in [0.1, 0.15) is 0 Å². The van der Waals surface area contributed by atoms with Gasteiger partial charge in [0.25, 0.3) is 0 Å². The molecule has 0 saturated carbocycles. The highest BCUT2D eigenvalue weighted by molar-refractivity contribution is 6.30. The van der Waals surface area contributed by atoms with Crippen LogP contribution in [0, 0.1) is 0 Å². The van der Waals surface area contributed by atoms with Gasteiger partial charge >= 0.3 is 18.3 Å². The molecule has 0 aliphatic heterocycles. The number of aromatic nitrogens is 1. The molecule has 2 rings (SSSR count). The first-order valence-corrected chi connectivity index (χ1v) is 9.80. The Morgan fingerprint density at radius 3 is 2.09 bits per heavy atom. The molecule has 0 amide bonds. The third-order valence-corrected chi connectivity index (χ3v) is 4.65. The van der Waals surface area contributed by atoms with Gasteiger partial charge in [-0.2, -0.15) is 26.3 Å². The van der Waals surface area contributed by atoms with Crippen LogP contribution in [-0.2, 0) is 23.6 Å². The summed E-state index contributed by atoms with van der Waals surface area (Å²) in [4.78, 5) is 18.9. The maximum absolute atomic E-state index is 12.4. The van der Waals surface area contributed by atoms with Crippen LogP contribution in [0.25, 0.3) is 0 Å². The molecular weight excluding hydrogens is 474 g/mol. The van der Waals surface area contributed by atoms with Gasteiger partial charge in [-0.1, -0.05) is 18.5 Å². The standard InChI is InChI=1S/C12H13ClN2O2.C10H8F6/c1-7(12(16)17)8(2)15-9(3)10-4-11(13)6-14-5-10;1-2-6-5-7(9(11,12)13)3-4-8(6)10(14,15)16/h4-6H,1-3H3,(H,16,17);3-5H,2H2,1H3/b8-7+,15-9?;. The number of rotatable bonds is 4. The van der Waals surface area contributed by atoms with E-state index in [4.69, 9.17) is 16.7 Å². The Hall–Kier alpha value is -2.88. The summed E-state index contributed by atoms with van der Waals surface area (Å²) in [5.74, 6) is -0.969. The second-order valence-corrected chi connectivity index (χ2v) is 7.26. The third-order valence-electron chi connectivity index (χ3n) is 4.44. The Kier molecular flexibility index (Phi) is 9.65. The Bertz CT molecular complexity index is 1060. The quantitative estimate of drug-likeness (QED) is 0.277. The number of halogens is 7.